The molecule has 1 saturated carbocycles. The molecule has 1 unspecified atom stereocenters. The third-order valence-electron chi connectivity index (χ3n) is 6.09. The van der Waals surface area contributed by atoms with Crippen molar-refractivity contribution in [1.29, 1.82) is 0 Å². The zero-order valence-electron chi connectivity index (χ0n) is 18.3. The number of fused-ring (bicyclic) bond motifs is 1. The van der Waals surface area contributed by atoms with Gasteiger partial charge in [0.25, 0.3) is 5.56 Å². The third kappa shape index (κ3) is 4.39. The Labute approximate surface area is 184 Å². The van der Waals surface area contributed by atoms with Gasteiger partial charge in [0.2, 0.25) is 0 Å². The molecule has 6 nitrogen and oxygen atoms in total. The van der Waals surface area contributed by atoms with Crippen LogP contribution in [0.3, 0.4) is 0 Å². The van der Waals surface area contributed by atoms with Crippen LogP contribution in [-0.2, 0) is 0 Å². The summed E-state index contributed by atoms with van der Waals surface area (Å²) in [6.07, 6.45) is 0.440. The number of benzene rings is 1. The second kappa shape index (κ2) is 8.61. The number of rotatable bonds is 6. The van der Waals surface area contributed by atoms with Gasteiger partial charge in [-0.25, -0.2) is 0 Å². The SMILES string of the molecule is CC(C)NC(c1ccc(Nc2nn([C@H]3CCC[C@@H]3C)c3cc[nH]c(=O)c23)cc1)C(F)(F)F. The van der Waals surface area contributed by atoms with Gasteiger partial charge in [0.1, 0.15) is 11.4 Å². The molecule has 2 heterocycles. The summed E-state index contributed by atoms with van der Waals surface area (Å²) in [6, 6.07) is 6.03. The van der Waals surface area contributed by atoms with Crippen LogP contribution in [0.4, 0.5) is 24.7 Å². The van der Waals surface area contributed by atoms with E-state index in [0.29, 0.717) is 22.8 Å². The first-order valence-electron chi connectivity index (χ1n) is 10.9. The summed E-state index contributed by atoms with van der Waals surface area (Å²) < 4.78 is 42.4. The fourth-order valence-electron chi connectivity index (χ4n) is 4.54. The smallest absolute Gasteiger partial charge is 0.338 e. The second-order valence-electron chi connectivity index (χ2n) is 8.88. The third-order valence-corrected chi connectivity index (χ3v) is 6.09. The van der Waals surface area contributed by atoms with E-state index in [1.165, 1.54) is 12.1 Å². The molecule has 0 aliphatic heterocycles. The lowest BCUT2D eigenvalue weighted by Gasteiger charge is -2.24. The van der Waals surface area contributed by atoms with Crippen molar-refractivity contribution in [2.75, 3.05) is 5.32 Å². The topological polar surface area (TPSA) is 74.7 Å². The van der Waals surface area contributed by atoms with Crippen LogP contribution in [0.25, 0.3) is 10.9 Å². The van der Waals surface area contributed by atoms with Crippen LogP contribution in [0, 0.1) is 5.92 Å². The molecule has 2 aromatic heterocycles. The van der Waals surface area contributed by atoms with Crippen LogP contribution in [-0.4, -0.2) is 27.0 Å². The summed E-state index contributed by atoms with van der Waals surface area (Å²) >= 11 is 0. The standard InChI is InChI=1S/C23H28F3N5O/c1-13(2)28-20(23(24,25)26)15-7-9-16(10-8-15)29-21-19-18(11-12-27-22(19)32)31(30-21)17-6-4-5-14(17)3/h7-14,17,20,28H,4-6H2,1-3H3,(H,27,32)(H,29,30)/t14-,17-,20?/m0/s1. The first-order valence-corrected chi connectivity index (χ1v) is 10.9. The number of halogens is 3. The van der Waals surface area contributed by atoms with Gasteiger partial charge < -0.3 is 15.6 Å². The molecule has 172 valence electrons. The Kier molecular flexibility index (Phi) is 6.03. The Hall–Kier alpha value is -2.81. The summed E-state index contributed by atoms with van der Waals surface area (Å²) in [5, 5.41) is 10.9. The van der Waals surface area contributed by atoms with E-state index in [4.69, 9.17) is 5.10 Å². The number of nitrogens with one attached hydrogen (secondary N) is 3. The number of nitrogens with zero attached hydrogens (tertiary/aromatic N) is 2. The molecule has 0 spiro atoms. The van der Waals surface area contributed by atoms with Crippen LogP contribution in [0.1, 0.15) is 57.7 Å². The van der Waals surface area contributed by atoms with E-state index in [1.807, 2.05) is 10.7 Å². The number of alkyl halides is 3. The van der Waals surface area contributed by atoms with Crippen molar-refractivity contribution < 1.29 is 13.2 Å². The number of aromatic amines is 1. The minimum Gasteiger partial charge on any atom is -0.338 e. The van der Waals surface area contributed by atoms with Gasteiger partial charge in [-0.05, 0) is 42.5 Å². The Morgan fingerprint density at radius 1 is 1.16 bits per heavy atom. The highest BCUT2D eigenvalue weighted by molar-refractivity contribution is 5.91. The van der Waals surface area contributed by atoms with Crippen LogP contribution >= 0.6 is 0 Å². The lowest BCUT2D eigenvalue weighted by Crippen LogP contribution is -2.38. The highest BCUT2D eigenvalue weighted by Crippen LogP contribution is 2.38. The molecule has 0 saturated heterocycles. The maximum atomic E-state index is 13.5. The van der Waals surface area contributed by atoms with E-state index < -0.39 is 12.2 Å². The highest BCUT2D eigenvalue weighted by atomic mass is 19.4. The largest absolute Gasteiger partial charge is 0.407 e. The molecule has 1 fully saturated rings. The summed E-state index contributed by atoms with van der Waals surface area (Å²) in [5.74, 6) is 0.860. The lowest BCUT2D eigenvalue weighted by molar-refractivity contribution is -0.159. The van der Waals surface area contributed by atoms with E-state index in [2.05, 4.69) is 22.5 Å². The highest BCUT2D eigenvalue weighted by Gasteiger charge is 2.40. The van der Waals surface area contributed by atoms with E-state index in [0.717, 1.165) is 24.8 Å². The molecule has 3 atom stereocenters. The molecule has 32 heavy (non-hydrogen) atoms. The van der Waals surface area contributed by atoms with Gasteiger partial charge >= 0.3 is 6.18 Å². The minimum atomic E-state index is -4.40. The van der Waals surface area contributed by atoms with Gasteiger partial charge in [0.15, 0.2) is 5.82 Å². The zero-order chi connectivity index (χ0) is 23.0. The normalized spacial score (nSPS) is 20.2. The zero-order valence-corrected chi connectivity index (χ0v) is 18.3. The van der Waals surface area contributed by atoms with Crippen molar-refractivity contribution in [3.05, 3.63) is 52.4 Å². The lowest BCUT2D eigenvalue weighted by atomic mass is 10.0. The molecule has 0 amide bonds. The fraction of sp³-hybridized carbons (Fsp3) is 0.478. The van der Waals surface area contributed by atoms with E-state index in [9.17, 15) is 18.0 Å². The number of hydrogen-bond donors (Lipinski definition) is 3. The van der Waals surface area contributed by atoms with Gasteiger partial charge in [0.05, 0.1) is 11.6 Å². The van der Waals surface area contributed by atoms with E-state index in [-0.39, 0.29) is 23.2 Å². The van der Waals surface area contributed by atoms with Crippen LogP contribution in [0.2, 0.25) is 0 Å². The van der Waals surface area contributed by atoms with Gasteiger partial charge in [-0.3, -0.25) is 9.48 Å². The molecular formula is C23H28F3N5O. The Bertz CT molecular complexity index is 1130. The number of H-pyrrole nitrogens is 1. The van der Waals surface area contributed by atoms with Crippen LogP contribution < -0.4 is 16.2 Å². The number of aromatic nitrogens is 3. The Balaban J connectivity index is 1.66. The van der Waals surface area contributed by atoms with Crippen molar-refractivity contribution in [3.63, 3.8) is 0 Å². The van der Waals surface area contributed by atoms with E-state index >= 15 is 0 Å². The summed E-state index contributed by atoms with van der Waals surface area (Å²) in [6.45, 7) is 5.55. The molecule has 3 aromatic rings. The van der Waals surface area contributed by atoms with Crippen molar-refractivity contribution >= 4 is 22.4 Å². The molecule has 1 aromatic carbocycles. The van der Waals surface area contributed by atoms with Crippen molar-refractivity contribution in [2.45, 2.75) is 64.3 Å². The van der Waals surface area contributed by atoms with Gasteiger partial charge in [-0.15, -0.1) is 0 Å². The predicted molar refractivity (Wildman–Crippen MR) is 119 cm³/mol. The number of anilines is 2. The quantitative estimate of drug-likeness (QED) is 0.471. The fourth-order valence-corrected chi connectivity index (χ4v) is 4.54. The average Bonchev–Trinajstić information content (AvgIpc) is 3.30. The van der Waals surface area contributed by atoms with Gasteiger partial charge in [0, 0.05) is 17.9 Å². The predicted octanol–water partition coefficient (Wildman–Crippen LogP) is 5.43. The van der Waals surface area contributed by atoms with Crippen LogP contribution in [0.15, 0.2) is 41.3 Å². The summed E-state index contributed by atoms with van der Waals surface area (Å²) in [4.78, 5) is 15.3. The number of hydrogen-bond acceptors (Lipinski definition) is 4. The van der Waals surface area contributed by atoms with Crippen molar-refractivity contribution in [3.8, 4) is 0 Å². The minimum absolute atomic E-state index is 0.129. The first kappa shape index (κ1) is 22.4. The maximum Gasteiger partial charge on any atom is 0.407 e. The van der Waals surface area contributed by atoms with E-state index in [1.54, 1.807) is 32.2 Å². The van der Waals surface area contributed by atoms with Gasteiger partial charge in [-0.1, -0.05) is 39.3 Å². The molecule has 1 aliphatic carbocycles. The van der Waals surface area contributed by atoms with Crippen LogP contribution in [0.5, 0.6) is 0 Å². The molecule has 4 rings (SSSR count). The molecule has 1 aliphatic rings. The Morgan fingerprint density at radius 3 is 2.47 bits per heavy atom. The van der Waals surface area contributed by atoms with Crippen molar-refractivity contribution in [1.82, 2.24) is 20.1 Å². The second-order valence-corrected chi connectivity index (χ2v) is 8.88. The molecule has 9 heteroatoms. The first-order chi connectivity index (χ1) is 15.1. The number of pyridine rings is 1. The molecule has 0 bridgehead atoms. The summed E-state index contributed by atoms with van der Waals surface area (Å²) in [5.41, 5.74) is 1.19. The molecular weight excluding hydrogens is 419 g/mol. The maximum absolute atomic E-state index is 13.5. The summed E-state index contributed by atoms with van der Waals surface area (Å²) in [7, 11) is 0. The molecule has 0 radical (unpaired) electrons. The monoisotopic (exact) mass is 447 g/mol. The Morgan fingerprint density at radius 2 is 1.88 bits per heavy atom. The van der Waals surface area contributed by atoms with Crippen molar-refractivity contribution in [2.24, 2.45) is 5.92 Å². The molecule has 3 N–H and O–H groups in total. The van der Waals surface area contributed by atoms with Gasteiger partial charge in [-0.2, -0.15) is 18.3 Å². The average molecular weight is 448 g/mol.